The number of anilines is 1. The number of aliphatic hydroxyl groups excluding tert-OH is 1. The molecule has 3 aromatic rings. The van der Waals surface area contributed by atoms with E-state index in [0.29, 0.717) is 16.2 Å². The zero-order valence-electron chi connectivity index (χ0n) is 13.6. The van der Waals surface area contributed by atoms with Crippen LogP contribution in [0, 0.1) is 5.82 Å². The van der Waals surface area contributed by atoms with Crippen molar-refractivity contribution in [3.8, 4) is 0 Å². The van der Waals surface area contributed by atoms with Gasteiger partial charge in [0.05, 0.1) is 21.8 Å². The minimum atomic E-state index is -0.846. The first-order valence-corrected chi connectivity index (χ1v) is 8.67. The summed E-state index contributed by atoms with van der Waals surface area (Å²) in [4.78, 5) is 30.6. The zero-order valence-corrected chi connectivity index (χ0v) is 14.5. The molecular formula is C19H13FN2O3S. The first kappa shape index (κ1) is 16.4. The Bertz CT molecular complexity index is 1040. The van der Waals surface area contributed by atoms with Crippen LogP contribution in [-0.2, 0) is 9.59 Å². The number of nitrogens with zero attached hydrogens (tertiary/aromatic N) is 2. The second-order valence-electron chi connectivity index (χ2n) is 5.91. The highest BCUT2D eigenvalue weighted by Crippen LogP contribution is 2.43. The molecule has 1 amide bonds. The molecule has 0 saturated carbocycles. The van der Waals surface area contributed by atoms with Crippen LogP contribution in [0.2, 0.25) is 0 Å². The van der Waals surface area contributed by atoms with Crippen LogP contribution in [-0.4, -0.2) is 21.8 Å². The van der Waals surface area contributed by atoms with Gasteiger partial charge in [0.2, 0.25) is 0 Å². The van der Waals surface area contributed by atoms with Gasteiger partial charge in [0, 0.05) is 0 Å². The van der Waals surface area contributed by atoms with Crippen molar-refractivity contribution in [3.05, 3.63) is 71.2 Å². The second-order valence-corrected chi connectivity index (χ2v) is 6.92. The summed E-state index contributed by atoms with van der Waals surface area (Å²) in [6, 6.07) is 12.1. The number of aliphatic hydroxyl groups is 1. The molecule has 0 unspecified atom stereocenters. The van der Waals surface area contributed by atoms with Gasteiger partial charge >= 0.3 is 0 Å². The highest BCUT2D eigenvalue weighted by molar-refractivity contribution is 7.22. The number of fused-ring (bicyclic) bond motifs is 1. The summed E-state index contributed by atoms with van der Waals surface area (Å²) in [7, 11) is 0. The highest BCUT2D eigenvalue weighted by Gasteiger charge is 2.44. The normalized spacial score (nSPS) is 17.4. The quantitative estimate of drug-likeness (QED) is 0.761. The number of benzene rings is 2. The topological polar surface area (TPSA) is 70.5 Å². The number of para-hydroxylation sites is 1. The van der Waals surface area contributed by atoms with E-state index in [2.05, 4.69) is 4.98 Å². The second kappa shape index (κ2) is 6.03. The van der Waals surface area contributed by atoms with E-state index in [1.807, 2.05) is 24.3 Å². The molecule has 130 valence electrons. The number of carbonyl (C=O) groups is 2. The van der Waals surface area contributed by atoms with Gasteiger partial charge in [-0.1, -0.05) is 35.6 Å². The Morgan fingerprint density at radius 1 is 1.19 bits per heavy atom. The molecule has 0 radical (unpaired) electrons. The molecule has 1 aliphatic rings. The summed E-state index contributed by atoms with van der Waals surface area (Å²) in [5.74, 6) is -2.13. The predicted octanol–water partition coefficient (Wildman–Crippen LogP) is 3.92. The van der Waals surface area contributed by atoms with Crippen LogP contribution in [0.15, 0.2) is 59.9 Å². The van der Waals surface area contributed by atoms with Crippen molar-refractivity contribution in [2.45, 2.75) is 13.0 Å². The lowest BCUT2D eigenvalue weighted by atomic mass is 9.97. The lowest BCUT2D eigenvalue weighted by molar-refractivity contribution is -0.117. The fourth-order valence-corrected chi connectivity index (χ4v) is 4.08. The van der Waals surface area contributed by atoms with Gasteiger partial charge in [0.1, 0.15) is 5.82 Å². The molecule has 4 rings (SSSR count). The number of hydrogen-bond acceptors (Lipinski definition) is 5. The van der Waals surface area contributed by atoms with Crippen LogP contribution in [0.5, 0.6) is 0 Å². The molecule has 1 aromatic heterocycles. The number of hydrogen-bond donors (Lipinski definition) is 1. The van der Waals surface area contributed by atoms with E-state index in [1.54, 1.807) is 0 Å². The van der Waals surface area contributed by atoms with Crippen LogP contribution in [0.1, 0.15) is 18.5 Å². The molecule has 26 heavy (non-hydrogen) atoms. The molecule has 0 aliphatic carbocycles. The maximum atomic E-state index is 13.3. The smallest absolute Gasteiger partial charge is 0.296 e. The molecule has 0 fully saturated rings. The average molecular weight is 368 g/mol. The Balaban J connectivity index is 1.90. The lowest BCUT2D eigenvalue weighted by Crippen LogP contribution is -2.30. The first-order chi connectivity index (χ1) is 12.5. The fraction of sp³-hybridized carbons (Fsp3) is 0.105. The minimum Gasteiger partial charge on any atom is -0.503 e. The Labute approximate surface area is 152 Å². The SMILES string of the molecule is CC(=O)C1=C(O)C(=O)N(c2nc3ccccc3s2)[C@H]1c1ccc(F)cc1. The monoisotopic (exact) mass is 368 g/mol. The molecule has 1 N–H and O–H groups in total. The summed E-state index contributed by atoms with van der Waals surface area (Å²) >= 11 is 1.29. The van der Waals surface area contributed by atoms with Crippen molar-refractivity contribution in [2.24, 2.45) is 0 Å². The van der Waals surface area contributed by atoms with E-state index < -0.39 is 29.3 Å². The molecule has 1 aliphatic heterocycles. The van der Waals surface area contributed by atoms with E-state index in [1.165, 1.54) is 47.4 Å². The number of aromatic nitrogens is 1. The minimum absolute atomic E-state index is 0.0131. The Morgan fingerprint density at radius 2 is 1.88 bits per heavy atom. The number of halogens is 1. The Morgan fingerprint density at radius 3 is 2.54 bits per heavy atom. The third-order valence-electron chi connectivity index (χ3n) is 4.26. The summed E-state index contributed by atoms with van der Waals surface area (Å²) in [6.45, 7) is 1.29. The number of Topliss-reactive ketones (excluding diaryl/α,β-unsaturated/α-hetero) is 1. The molecular weight excluding hydrogens is 355 g/mol. The largest absolute Gasteiger partial charge is 0.503 e. The molecule has 0 spiro atoms. The van der Waals surface area contributed by atoms with Gasteiger partial charge < -0.3 is 5.11 Å². The summed E-state index contributed by atoms with van der Waals surface area (Å²) < 4.78 is 14.2. The summed E-state index contributed by atoms with van der Waals surface area (Å²) in [5, 5.41) is 10.7. The van der Waals surface area contributed by atoms with E-state index in [-0.39, 0.29) is 5.57 Å². The van der Waals surface area contributed by atoms with Crippen molar-refractivity contribution in [1.82, 2.24) is 4.98 Å². The van der Waals surface area contributed by atoms with Gasteiger partial charge in [-0.3, -0.25) is 14.5 Å². The number of ketones is 1. The van der Waals surface area contributed by atoms with Crippen LogP contribution >= 0.6 is 11.3 Å². The van der Waals surface area contributed by atoms with Gasteiger partial charge in [0.15, 0.2) is 16.7 Å². The maximum Gasteiger partial charge on any atom is 0.296 e. The van der Waals surface area contributed by atoms with Gasteiger partial charge in [-0.15, -0.1) is 0 Å². The third kappa shape index (κ3) is 2.48. The first-order valence-electron chi connectivity index (χ1n) is 7.86. The van der Waals surface area contributed by atoms with Crippen molar-refractivity contribution >= 4 is 38.4 Å². The predicted molar refractivity (Wildman–Crippen MR) is 96.6 cm³/mol. The Kier molecular flexibility index (Phi) is 3.81. The molecule has 1 atom stereocenters. The van der Waals surface area contributed by atoms with Crippen LogP contribution < -0.4 is 4.90 Å². The van der Waals surface area contributed by atoms with Crippen molar-refractivity contribution in [1.29, 1.82) is 0 Å². The van der Waals surface area contributed by atoms with Gasteiger partial charge in [-0.05, 0) is 36.8 Å². The van der Waals surface area contributed by atoms with Gasteiger partial charge in [-0.2, -0.15) is 0 Å². The maximum absolute atomic E-state index is 13.3. The average Bonchev–Trinajstić information content (AvgIpc) is 3.15. The highest BCUT2D eigenvalue weighted by atomic mass is 32.1. The van der Waals surface area contributed by atoms with Crippen molar-refractivity contribution in [3.63, 3.8) is 0 Å². The van der Waals surface area contributed by atoms with Crippen molar-refractivity contribution in [2.75, 3.05) is 4.90 Å². The van der Waals surface area contributed by atoms with E-state index >= 15 is 0 Å². The zero-order chi connectivity index (χ0) is 18.4. The number of amides is 1. The van der Waals surface area contributed by atoms with Gasteiger partial charge in [0.25, 0.3) is 5.91 Å². The number of rotatable bonds is 3. The standard InChI is InChI=1S/C19H13FN2O3S/c1-10(23)15-16(11-6-8-12(20)9-7-11)22(18(25)17(15)24)19-21-13-4-2-3-5-14(13)26-19/h2-9,16,24H,1H3/t16-/m0/s1. The molecule has 0 bridgehead atoms. The fourth-order valence-electron chi connectivity index (χ4n) is 3.09. The third-order valence-corrected chi connectivity index (χ3v) is 5.30. The van der Waals surface area contributed by atoms with E-state index in [0.717, 1.165) is 4.70 Å². The van der Waals surface area contributed by atoms with Crippen molar-refractivity contribution < 1.29 is 19.1 Å². The van der Waals surface area contributed by atoms with Crippen LogP contribution in [0.25, 0.3) is 10.2 Å². The lowest BCUT2D eigenvalue weighted by Gasteiger charge is -2.24. The van der Waals surface area contributed by atoms with E-state index in [9.17, 15) is 19.1 Å². The van der Waals surface area contributed by atoms with Gasteiger partial charge in [-0.25, -0.2) is 9.37 Å². The molecule has 5 nitrogen and oxygen atoms in total. The van der Waals surface area contributed by atoms with E-state index in [4.69, 9.17) is 0 Å². The number of carbonyl (C=O) groups excluding carboxylic acids is 2. The van der Waals surface area contributed by atoms with Crippen LogP contribution in [0.3, 0.4) is 0 Å². The molecule has 2 aromatic carbocycles. The number of thiazole rings is 1. The summed E-state index contributed by atoms with van der Waals surface area (Å²) in [6.07, 6.45) is 0. The molecule has 7 heteroatoms. The molecule has 0 saturated heterocycles. The molecule has 2 heterocycles. The summed E-state index contributed by atoms with van der Waals surface area (Å²) in [5.41, 5.74) is 1.23. The Hall–Kier alpha value is -3.06. The van der Waals surface area contributed by atoms with Crippen LogP contribution in [0.4, 0.5) is 9.52 Å².